The Hall–Kier alpha value is -3.51. The molecular formula is C23H21ClN4O2. The van der Waals surface area contributed by atoms with Gasteiger partial charge in [0.05, 0.1) is 0 Å². The van der Waals surface area contributed by atoms with Crippen LogP contribution < -0.4 is 15.8 Å². The van der Waals surface area contributed by atoms with Crippen LogP contribution in [0.4, 0.5) is 11.5 Å². The van der Waals surface area contributed by atoms with E-state index in [1.54, 1.807) is 6.07 Å². The molecule has 6 nitrogen and oxygen atoms in total. The standard InChI is InChI=1S/C23H21ClN4O2/c1-14-7-5-8-15(2)21(14)27-23-22(26-20-12-6-11-18(24)28(20)23)16-9-3-4-10-17(16)30-13-19(25)29/h3-12,27H,13H2,1-2H3,(H2,25,29). The van der Waals surface area contributed by atoms with Gasteiger partial charge in [-0.15, -0.1) is 0 Å². The van der Waals surface area contributed by atoms with Gasteiger partial charge in [-0.1, -0.05) is 48.0 Å². The number of pyridine rings is 1. The topological polar surface area (TPSA) is 81.6 Å². The van der Waals surface area contributed by atoms with Crippen LogP contribution in [0.2, 0.25) is 5.15 Å². The minimum absolute atomic E-state index is 0.217. The molecule has 0 fully saturated rings. The fourth-order valence-corrected chi connectivity index (χ4v) is 3.67. The van der Waals surface area contributed by atoms with E-state index >= 15 is 0 Å². The molecule has 2 heterocycles. The molecular weight excluding hydrogens is 400 g/mol. The Morgan fingerprint density at radius 3 is 2.50 bits per heavy atom. The Bertz CT molecular complexity index is 1230. The van der Waals surface area contributed by atoms with Crippen LogP contribution in [0.25, 0.3) is 16.9 Å². The summed E-state index contributed by atoms with van der Waals surface area (Å²) >= 11 is 6.54. The highest BCUT2D eigenvalue weighted by atomic mass is 35.5. The zero-order valence-corrected chi connectivity index (χ0v) is 17.4. The zero-order chi connectivity index (χ0) is 21.3. The van der Waals surface area contributed by atoms with Crippen molar-refractivity contribution in [3.63, 3.8) is 0 Å². The van der Waals surface area contributed by atoms with Gasteiger partial charge in [0, 0.05) is 11.3 Å². The lowest BCUT2D eigenvalue weighted by atomic mass is 10.1. The minimum Gasteiger partial charge on any atom is -0.483 e. The van der Waals surface area contributed by atoms with Gasteiger partial charge in [0.1, 0.15) is 28.1 Å². The monoisotopic (exact) mass is 420 g/mol. The number of hydrogen-bond acceptors (Lipinski definition) is 4. The van der Waals surface area contributed by atoms with Crippen molar-refractivity contribution in [1.29, 1.82) is 0 Å². The highest BCUT2D eigenvalue weighted by Crippen LogP contribution is 2.38. The van der Waals surface area contributed by atoms with Crippen molar-refractivity contribution in [2.24, 2.45) is 5.73 Å². The predicted octanol–water partition coefficient (Wildman–Crippen LogP) is 4.88. The van der Waals surface area contributed by atoms with Gasteiger partial charge in [-0.05, 0) is 49.2 Å². The molecule has 152 valence electrons. The van der Waals surface area contributed by atoms with Gasteiger partial charge in [-0.2, -0.15) is 0 Å². The highest BCUT2D eigenvalue weighted by molar-refractivity contribution is 6.30. The quantitative estimate of drug-likeness (QED) is 0.435. The number of rotatable bonds is 6. The van der Waals surface area contributed by atoms with Gasteiger partial charge < -0.3 is 15.8 Å². The SMILES string of the molecule is Cc1cccc(C)c1Nc1c(-c2ccccc2OCC(N)=O)nc2cccc(Cl)n12. The fraction of sp³-hybridized carbons (Fsp3) is 0.130. The smallest absolute Gasteiger partial charge is 0.255 e. The number of aryl methyl sites for hydroxylation is 2. The molecule has 0 aliphatic carbocycles. The van der Waals surface area contributed by atoms with Gasteiger partial charge in [0.25, 0.3) is 5.91 Å². The third-order valence-electron chi connectivity index (χ3n) is 4.83. The number of nitrogens with zero attached hydrogens (tertiary/aromatic N) is 2. The maximum absolute atomic E-state index is 11.2. The number of primary amides is 1. The summed E-state index contributed by atoms with van der Waals surface area (Å²) in [7, 11) is 0. The van der Waals surface area contributed by atoms with Crippen LogP contribution in [-0.2, 0) is 4.79 Å². The van der Waals surface area contributed by atoms with Crippen LogP contribution in [0.15, 0.2) is 60.7 Å². The molecule has 0 atom stereocenters. The number of fused-ring (bicyclic) bond motifs is 1. The molecule has 3 N–H and O–H groups in total. The van der Waals surface area contributed by atoms with E-state index in [0.29, 0.717) is 28.1 Å². The van der Waals surface area contributed by atoms with Gasteiger partial charge in [0.15, 0.2) is 6.61 Å². The zero-order valence-electron chi connectivity index (χ0n) is 16.6. The first-order valence-corrected chi connectivity index (χ1v) is 9.84. The molecule has 0 aliphatic rings. The molecule has 1 amide bonds. The normalized spacial score (nSPS) is 10.9. The molecule has 0 aliphatic heterocycles. The first kappa shape index (κ1) is 19.8. The van der Waals surface area contributed by atoms with Gasteiger partial charge in [-0.25, -0.2) is 4.98 Å². The Balaban J connectivity index is 1.93. The van der Waals surface area contributed by atoms with Crippen LogP contribution in [-0.4, -0.2) is 21.9 Å². The van der Waals surface area contributed by atoms with Gasteiger partial charge in [0.2, 0.25) is 0 Å². The first-order chi connectivity index (χ1) is 14.5. The Labute approximate surface area is 179 Å². The number of carbonyl (C=O) groups is 1. The van der Waals surface area contributed by atoms with Crippen molar-refractivity contribution in [2.45, 2.75) is 13.8 Å². The summed E-state index contributed by atoms with van der Waals surface area (Å²) in [6.45, 7) is 3.87. The summed E-state index contributed by atoms with van der Waals surface area (Å²) in [6.07, 6.45) is 0. The van der Waals surface area contributed by atoms with Crippen molar-refractivity contribution < 1.29 is 9.53 Å². The third kappa shape index (κ3) is 3.69. The summed E-state index contributed by atoms with van der Waals surface area (Å²) in [5, 5.41) is 4.06. The fourth-order valence-electron chi connectivity index (χ4n) is 3.42. The maximum Gasteiger partial charge on any atom is 0.255 e. The Morgan fingerprint density at radius 2 is 1.77 bits per heavy atom. The molecule has 0 saturated heterocycles. The molecule has 0 radical (unpaired) electrons. The van der Waals surface area contributed by atoms with Crippen LogP contribution in [0.5, 0.6) is 5.75 Å². The Kier molecular flexibility index (Phi) is 5.33. The van der Waals surface area contributed by atoms with E-state index in [-0.39, 0.29) is 6.61 Å². The number of imidazole rings is 1. The number of para-hydroxylation sites is 2. The number of nitrogens with one attached hydrogen (secondary N) is 1. The van der Waals surface area contributed by atoms with Crippen molar-refractivity contribution in [2.75, 3.05) is 11.9 Å². The van der Waals surface area contributed by atoms with Crippen LogP contribution >= 0.6 is 11.6 Å². The van der Waals surface area contributed by atoms with E-state index in [1.165, 1.54) is 0 Å². The van der Waals surface area contributed by atoms with E-state index < -0.39 is 5.91 Å². The summed E-state index contributed by atoms with van der Waals surface area (Å²) in [5.41, 5.74) is 10.5. The summed E-state index contributed by atoms with van der Waals surface area (Å²) in [6, 6.07) is 19.1. The van der Waals surface area contributed by atoms with Crippen molar-refractivity contribution in [3.05, 3.63) is 76.9 Å². The van der Waals surface area contributed by atoms with E-state index in [2.05, 4.69) is 5.32 Å². The summed E-state index contributed by atoms with van der Waals surface area (Å²) < 4.78 is 7.50. The number of hydrogen-bond donors (Lipinski definition) is 2. The lowest BCUT2D eigenvalue weighted by molar-refractivity contribution is -0.119. The predicted molar refractivity (Wildman–Crippen MR) is 120 cm³/mol. The molecule has 4 aromatic rings. The lowest BCUT2D eigenvalue weighted by Crippen LogP contribution is -2.20. The Morgan fingerprint density at radius 1 is 1.07 bits per heavy atom. The van der Waals surface area contributed by atoms with E-state index in [1.807, 2.05) is 72.8 Å². The number of benzene rings is 2. The van der Waals surface area contributed by atoms with Crippen LogP contribution in [0.1, 0.15) is 11.1 Å². The molecule has 0 spiro atoms. The van der Waals surface area contributed by atoms with Crippen LogP contribution in [0, 0.1) is 13.8 Å². The van der Waals surface area contributed by atoms with E-state index in [4.69, 9.17) is 27.1 Å². The van der Waals surface area contributed by atoms with Crippen molar-refractivity contribution in [1.82, 2.24) is 9.38 Å². The molecule has 30 heavy (non-hydrogen) atoms. The number of anilines is 2. The highest BCUT2D eigenvalue weighted by Gasteiger charge is 2.20. The van der Waals surface area contributed by atoms with E-state index in [0.717, 1.165) is 22.4 Å². The molecule has 4 rings (SSSR count). The molecule has 0 unspecified atom stereocenters. The second-order valence-electron chi connectivity index (χ2n) is 6.99. The average molecular weight is 421 g/mol. The van der Waals surface area contributed by atoms with Crippen molar-refractivity contribution >= 4 is 34.7 Å². The number of carbonyl (C=O) groups excluding carboxylic acids is 1. The van der Waals surface area contributed by atoms with E-state index in [9.17, 15) is 4.79 Å². The minimum atomic E-state index is -0.545. The van der Waals surface area contributed by atoms with Gasteiger partial charge >= 0.3 is 0 Å². The molecule has 2 aromatic carbocycles. The molecule has 0 saturated carbocycles. The molecule has 7 heteroatoms. The second-order valence-corrected chi connectivity index (χ2v) is 7.38. The van der Waals surface area contributed by atoms with Gasteiger partial charge in [-0.3, -0.25) is 9.20 Å². The second kappa shape index (κ2) is 8.08. The molecule has 0 bridgehead atoms. The van der Waals surface area contributed by atoms with Crippen molar-refractivity contribution in [3.8, 4) is 17.0 Å². The number of halogens is 1. The number of amides is 1. The molecule has 2 aromatic heterocycles. The summed E-state index contributed by atoms with van der Waals surface area (Å²) in [5.74, 6) is 0.681. The number of aromatic nitrogens is 2. The maximum atomic E-state index is 11.2. The van der Waals surface area contributed by atoms with Crippen LogP contribution in [0.3, 0.4) is 0 Å². The number of ether oxygens (including phenoxy) is 1. The first-order valence-electron chi connectivity index (χ1n) is 9.46. The summed E-state index contributed by atoms with van der Waals surface area (Å²) in [4.78, 5) is 16.0. The lowest BCUT2D eigenvalue weighted by Gasteiger charge is -2.15. The third-order valence-corrected chi connectivity index (χ3v) is 5.13. The number of nitrogens with two attached hydrogens (primary N) is 1. The average Bonchev–Trinajstić information content (AvgIpc) is 3.09. The largest absolute Gasteiger partial charge is 0.483 e.